The van der Waals surface area contributed by atoms with Crippen molar-refractivity contribution in [1.29, 1.82) is 0 Å². The molecule has 19 heavy (non-hydrogen) atoms. The lowest BCUT2D eigenvalue weighted by Crippen LogP contribution is -2.46. The predicted octanol–water partition coefficient (Wildman–Crippen LogP) is 2.04. The quantitative estimate of drug-likeness (QED) is 0.901. The minimum absolute atomic E-state index is 0.703. The maximum atomic E-state index is 4.36. The van der Waals surface area contributed by atoms with Gasteiger partial charge in [0.25, 0.3) is 0 Å². The Balaban J connectivity index is 1.60. The molecule has 1 aromatic rings. The average molecular weight is 260 g/mol. The summed E-state index contributed by atoms with van der Waals surface area (Å²) in [6, 6.07) is 0.703. The minimum atomic E-state index is 0.703. The fraction of sp³-hybridized carbons (Fsp3) is 0.867. The normalized spacial score (nSPS) is 39.9. The third-order valence-corrected chi connectivity index (χ3v) is 5.74. The first-order valence-corrected chi connectivity index (χ1v) is 7.88. The largest absolute Gasteiger partial charge is 0.319 e. The molecule has 0 aromatic carbocycles. The Hall–Kier alpha value is -0.900. The molecule has 1 heterocycles. The molecule has 0 radical (unpaired) electrons. The van der Waals surface area contributed by atoms with Gasteiger partial charge in [0.2, 0.25) is 0 Å². The lowest BCUT2D eigenvalue weighted by molar-refractivity contribution is -0.0302. The van der Waals surface area contributed by atoms with E-state index in [1.165, 1.54) is 37.9 Å². The summed E-state index contributed by atoms with van der Waals surface area (Å²) in [7, 11) is 2.00. The van der Waals surface area contributed by atoms with Crippen LogP contribution < -0.4 is 5.32 Å². The Kier molecular flexibility index (Phi) is 2.87. The van der Waals surface area contributed by atoms with Gasteiger partial charge in [0, 0.05) is 19.0 Å². The van der Waals surface area contributed by atoms with E-state index in [2.05, 4.69) is 20.1 Å². The van der Waals surface area contributed by atoms with Crippen LogP contribution in [0.25, 0.3) is 0 Å². The van der Waals surface area contributed by atoms with Crippen molar-refractivity contribution in [3.8, 4) is 0 Å². The van der Waals surface area contributed by atoms with Crippen LogP contribution in [0.3, 0.4) is 0 Å². The Morgan fingerprint density at radius 2 is 1.84 bits per heavy atom. The van der Waals surface area contributed by atoms with Crippen molar-refractivity contribution in [1.82, 2.24) is 20.1 Å². The molecule has 4 aliphatic rings. The number of hydrogen-bond acceptors (Lipinski definition) is 3. The fourth-order valence-electron chi connectivity index (χ4n) is 5.28. The highest BCUT2D eigenvalue weighted by molar-refractivity contribution is 5.04. The third kappa shape index (κ3) is 1.92. The van der Waals surface area contributed by atoms with E-state index in [0.717, 1.165) is 36.6 Å². The molecule has 0 spiro atoms. The highest BCUT2D eigenvalue weighted by Crippen LogP contribution is 2.58. The number of rotatable bonds is 4. The smallest absolute Gasteiger partial charge is 0.134 e. The van der Waals surface area contributed by atoms with E-state index in [4.69, 9.17) is 0 Å². The standard InChI is InChI=1S/C15H24N4/c1-16-3-2-14-18-17-9-19(14)15-12-5-10-4-11(7-12)8-13(15)6-10/h9-13,15-16H,2-8H2,1H3. The summed E-state index contributed by atoms with van der Waals surface area (Å²) in [5.74, 6) is 5.07. The van der Waals surface area contributed by atoms with Crippen molar-refractivity contribution in [3.63, 3.8) is 0 Å². The van der Waals surface area contributed by atoms with Gasteiger partial charge in [-0.05, 0) is 62.8 Å². The van der Waals surface area contributed by atoms with Gasteiger partial charge in [-0.3, -0.25) is 0 Å². The molecule has 4 nitrogen and oxygen atoms in total. The highest BCUT2D eigenvalue weighted by atomic mass is 15.3. The summed E-state index contributed by atoms with van der Waals surface area (Å²) in [6.45, 7) is 0.992. The van der Waals surface area contributed by atoms with Gasteiger partial charge < -0.3 is 9.88 Å². The fourth-order valence-corrected chi connectivity index (χ4v) is 5.28. The molecule has 4 saturated carbocycles. The minimum Gasteiger partial charge on any atom is -0.319 e. The Bertz CT molecular complexity index is 425. The highest BCUT2D eigenvalue weighted by Gasteiger charge is 2.49. The molecular weight excluding hydrogens is 236 g/mol. The van der Waals surface area contributed by atoms with Crippen LogP contribution in [-0.4, -0.2) is 28.4 Å². The maximum absolute atomic E-state index is 4.36. The maximum Gasteiger partial charge on any atom is 0.134 e. The average Bonchev–Trinajstić information content (AvgIpc) is 2.83. The van der Waals surface area contributed by atoms with Gasteiger partial charge in [-0.1, -0.05) is 0 Å². The van der Waals surface area contributed by atoms with Crippen LogP contribution in [0.2, 0.25) is 0 Å². The van der Waals surface area contributed by atoms with Crippen molar-refractivity contribution < 1.29 is 0 Å². The van der Waals surface area contributed by atoms with Crippen molar-refractivity contribution >= 4 is 0 Å². The summed E-state index contributed by atoms with van der Waals surface area (Å²) in [4.78, 5) is 0. The third-order valence-electron chi connectivity index (χ3n) is 5.74. The van der Waals surface area contributed by atoms with Crippen LogP contribution in [0, 0.1) is 23.7 Å². The second-order valence-corrected chi connectivity index (χ2v) is 6.93. The van der Waals surface area contributed by atoms with Gasteiger partial charge in [-0.25, -0.2) is 0 Å². The monoisotopic (exact) mass is 260 g/mol. The zero-order chi connectivity index (χ0) is 12.8. The molecule has 0 aliphatic heterocycles. The van der Waals surface area contributed by atoms with Gasteiger partial charge in [-0.2, -0.15) is 0 Å². The van der Waals surface area contributed by atoms with Crippen molar-refractivity contribution in [2.45, 2.75) is 44.6 Å². The SMILES string of the molecule is CNCCc1nncn1C1C2CC3CC(C2)CC1C3. The molecule has 4 bridgehead atoms. The zero-order valence-corrected chi connectivity index (χ0v) is 11.8. The van der Waals surface area contributed by atoms with Gasteiger partial charge in [0.05, 0.1) is 0 Å². The Morgan fingerprint density at radius 1 is 1.16 bits per heavy atom. The van der Waals surface area contributed by atoms with Gasteiger partial charge >= 0.3 is 0 Å². The van der Waals surface area contributed by atoms with E-state index in [9.17, 15) is 0 Å². The predicted molar refractivity (Wildman–Crippen MR) is 73.7 cm³/mol. The second kappa shape index (κ2) is 4.58. The zero-order valence-electron chi connectivity index (χ0n) is 11.8. The Morgan fingerprint density at radius 3 is 2.47 bits per heavy atom. The molecule has 4 fully saturated rings. The van der Waals surface area contributed by atoms with Crippen LogP contribution in [0.4, 0.5) is 0 Å². The first-order chi connectivity index (χ1) is 9.35. The van der Waals surface area contributed by atoms with E-state index < -0.39 is 0 Å². The lowest BCUT2D eigenvalue weighted by atomic mass is 9.54. The molecule has 1 aromatic heterocycles. The topological polar surface area (TPSA) is 42.7 Å². The van der Waals surface area contributed by atoms with Gasteiger partial charge in [0.1, 0.15) is 12.2 Å². The summed E-state index contributed by atoms with van der Waals surface area (Å²) in [5.41, 5.74) is 0. The molecule has 0 unspecified atom stereocenters. The lowest BCUT2D eigenvalue weighted by Gasteiger charge is -2.54. The molecule has 1 N–H and O–H groups in total. The molecule has 0 atom stereocenters. The van der Waals surface area contributed by atoms with Crippen molar-refractivity contribution in [2.75, 3.05) is 13.6 Å². The van der Waals surface area contributed by atoms with Crippen LogP contribution in [0.15, 0.2) is 6.33 Å². The van der Waals surface area contributed by atoms with Crippen LogP contribution in [-0.2, 0) is 6.42 Å². The van der Waals surface area contributed by atoms with E-state index in [-0.39, 0.29) is 0 Å². The van der Waals surface area contributed by atoms with Gasteiger partial charge in [-0.15, -0.1) is 10.2 Å². The van der Waals surface area contributed by atoms with Crippen molar-refractivity contribution in [2.24, 2.45) is 23.7 Å². The van der Waals surface area contributed by atoms with Crippen LogP contribution in [0.5, 0.6) is 0 Å². The first kappa shape index (κ1) is 11.9. The molecule has 5 rings (SSSR count). The molecule has 4 aliphatic carbocycles. The molecule has 0 saturated heterocycles. The Labute approximate surface area is 115 Å². The molecule has 4 heteroatoms. The van der Waals surface area contributed by atoms with E-state index >= 15 is 0 Å². The van der Waals surface area contributed by atoms with Crippen LogP contribution >= 0.6 is 0 Å². The summed E-state index contributed by atoms with van der Waals surface area (Å²) >= 11 is 0. The van der Waals surface area contributed by atoms with Gasteiger partial charge in [0.15, 0.2) is 0 Å². The number of nitrogens with one attached hydrogen (secondary N) is 1. The van der Waals surface area contributed by atoms with Crippen molar-refractivity contribution in [3.05, 3.63) is 12.2 Å². The number of nitrogens with zero attached hydrogens (tertiary/aromatic N) is 3. The molecular formula is C15H24N4. The van der Waals surface area contributed by atoms with Crippen LogP contribution in [0.1, 0.15) is 44.0 Å². The summed E-state index contributed by atoms with van der Waals surface area (Å²) < 4.78 is 2.43. The first-order valence-electron chi connectivity index (χ1n) is 7.88. The molecule has 0 amide bonds. The number of aromatic nitrogens is 3. The summed E-state index contributed by atoms with van der Waals surface area (Å²) in [5, 5.41) is 11.8. The number of hydrogen-bond donors (Lipinski definition) is 1. The van der Waals surface area contributed by atoms with E-state index in [0.29, 0.717) is 6.04 Å². The second-order valence-electron chi connectivity index (χ2n) is 6.93. The number of likely N-dealkylation sites (N-methyl/N-ethyl adjacent to an activating group) is 1. The van der Waals surface area contributed by atoms with E-state index in [1.807, 2.05) is 13.4 Å². The summed E-state index contributed by atoms with van der Waals surface area (Å²) in [6.07, 6.45) is 10.4. The molecule has 104 valence electrons. The van der Waals surface area contributed by atoms with E-state index in [1.54, 1.807) is 0 Å².